The highest BCUT2D eigenvalue weighted by Crippen LogP contribution is 2.20. The van der Waals surface area contributed by atoms with E-state index in [2.05, 4.69) is 19.2 Å². The van der Waals surface area contributed by atoms with Crippen LogP contribution in [0.5, 0.6) is 0 Å². The van der Waals surface area contributed by atoms with Crippen LogP contribution in [0.2, 0.25) is 0 Å². The van der Waals surface area contributed by atoms with Crippen molar-refractivity contribution in [2.45, 2.75) is 443 Å². The first-order valence-electron chi connectivity index (χ1n) is 37.5. The van der Waals surface area contributed by atoms with Crippen molar-refractivity contribution in [3.63, 3.8) is 0 Å². The average Bonchev–Trinajstić information content (AvgIpc) is 3.47. The number of hydrogen-bond acceptors (Lipinski definition) is 5. The van der Waals surface area contributed by atoms with Gasteiger partial charge in [-0.15, -0.1) is 0 Å². The second-order valence-electron chi connectivity index (χ2n) is 26.0. The van der Waals surface area contributed by atoms with Gasteiger partial charge in [-0.05, 0) is 32.1 Å². The van der Waals surface area contributed by atoms with Crippen molar-refractivity contribution in [1.29, 1.82) is 0 Å². The van der Waals surface area contributed by atoms with Gasteiger partial charge >= 0.3 is 5.97 Å². The van der Waals surface area contributed by atoms with E-state index in [1.54, 1.807) is 6.08 Å². The number of allylic oxidation sites excluding steroid dienone is 1. The standard InChI is InChI=1S/C75H147NO5/c1-3-5-7-9-11-13-15-17-19-20-21-22-27-30-33-36-40-43-47-51-55-59-63-67-73(78)72(71-77)76-74(79)68-64-60-56-52-48-44-41-37-34-31-28-25-23-24-26-29-32-35-38-42-46-50-54-58-62-66-70-81-75(80)69-65-61-57-53-49-45-39-18-16-14-12-10-8-6-4-2/h63,67,72-73,77-78H,3-62,64-66,68-71H2,1-2H3,(H,76,79)/b67-63+. The van der Waals surface area contributed by atoms with E-state index in [1.807, 2.05) is 6.08 Å². The summed E-state index contributed by atoms with van der Waals surface area (Å²) in [6.45, 7) is 4.96. The number of carbonyl (C=O) groups excluding carboxylic acids is 2. The van der Waals surface area contributed by atoms with Gasteiger partial charge in [-0.3, -0.25) is 9.59 Å². The smallest absolute Gasteiger partial charge is 0.305 e. The summed E-state index contributed by atoms with van der Waals surface area (Å²) in [4.78, 5) is 24.6. The highest BCUT2D eigenvalue weighted by molar-refractivity contribution is 5.76. The molecule has 482 valence electrons. The third-order valence-electron chi connectivity index (χ3n) is 17.8. The molecule has 6 heteroatoms. The lowest BCUT2D eigenvalue weighted by Crippen LogP contribution is -2.45. The molecule has 3 N–H and O–H groups in total. The Bertz CT molecular complexity index is 1220. The van der Waals surface area contributed by atoms with Gasteiger partial charge in [0.05, 0.1) is 25.4 Å². The zero-order valence-electron chi connectivity index (χ0n) is 55.3. The Kier molecular flexibility index (Phi) is 69.9. The maximum absolute atomic E-state index is 12.5. The average molecular weight is 1140 g/mol. The van der Waals surface area contributed by atoms with Crippen LogP contribution in [0.3, 0.4) is 0 Å². The minimum Gasteiger partial charge on any atom is -0.466 e. The van der Waals surface area contributed by atoms with Crippen LogP contribution in [0, 0.1) is 0 Å². The molecule has 0 aliphatic rings. The van der Waals surface area contributed by atoms with Crippen LogP contribution in [-0.4, -0.2) is 47.4 Å². The second-order valence-corrected chi connectivity index (χ2v) is 26.0. The Morgan fingerprint density at radius 2 is 0.568 bits per heavy atom. The molecule has 0 aromatic heterocycles. The van der Waals surface area contributed by atoms with Gasteiger partial charge in [-0.2, -0.15) is 0 Å². The fourth-order valence-corrected chi connectivity index (χ4v) is 12.1. The van der Waals surface area contributed by atoms with Crippen molar-refractivity contribution >= 4 is 11.9 Å². The number of amides is 1. The molecule has 0 fully saturated rings. The predicted molar refractivity (Wildman–Crippen MR) is 357 cm³/mol. The summed E-state index contributed by atoms with van der Waals surface area (Å²) in [6.07, 6.45) is 88.8. The van der Waals surface area contributed by atoms with Gasteiger partial charge in [0.15, 0.2) is 0 Å². The summed E-state index contributed by atoms with van der Waals surface area (Å²) < 4.78 is 5.50. The normalized spacial score (nSPS) is 12.5. The van der Waals surface area contributed by atoms with Crippen molar-refractivity contribution in [2.75, 3.05) is 13.2 Å². The highest BCUT2D eigenvalue weighted by Gasteiger charge is 2.18. The Labute approximate surface area is 508 Å². The fraction of sp³-hybridized carbons (Fsp3) is 0.947. The monoisotopic (exact) mass is 1140 g/mol. The maximum Gasteiger partial charge on any atom is 0.305 e. The predicted octanol–water partition coefficient (Wildman–Crippen LogP) is 24.3. The summed E-state index contributed by atoms with van der Waals surface area (Å²) in [7, 11) is 0. The van der Waals surface area contributed by atoms with Crippen LogP contribution < -0.4 is 5.32 Å². The number of esters is 1. The highest BCUT2D eigenvalue weighted by atomic mass is 16.5. The molecule has 0 bridgehead atoms. The topological polar surface area (TPSA) is 95.9 Å². The molecule has 6 nitrogen and oxygen atoms in total. The summed E-state index contributed by atoms with van der Waals surface area (Å²) in [5, 5.41) is 23.3. The van der Waals surface area contributed by atoms with E-state index < -0.39 is 12.1 Å². The van der Waals surface area contributed by atoms with E-state index in [9.17, 15) is 19.8 Å². The van der Waals surface area contributed by atoms with Crippen molar-refractivity contribution in [2.24, 2.45) is 0 Å². The summed E-state index contributed by atoms with van der Waals surface area (Å²) in [6, 6.07) is -0.627. The van der Waals surface area contributed by atoms with Crippen molar-refractivity contribution in [1.82, 2.24) is 5.32 Å². The van der Waals surface area contributed by atoms with E-state index in [0.717, 1.165) is 38.5 Å². The molecular formula is C75H147NO5. The zero-order valence-corrected chi connectivity index (χ0v) is 55.3. The van der Waals surface area contributed by atoms with Crippen LogP contribution in [-0.2, 0) is 14.3 Å². The molecule has 0 spiro atoms. The zero-order chi connectivity index (χ0) is 58.5. The first-order chi connectivity index (χ1) is 40.0. The SMILES string of the molecule is CCCCCCCCCCCCCCCCCCCCCCC/C=C/C(O)C(CO)NC(=O)CCCCCCCCCCCCCCCCCCCCCCCCCCCCOC(=O)CCCCCCCCCCCCCCCCC. The van der Waals surface area contributed by atoms with Crippen molar-refractivity contribution in [3.05, 3.63) is 12.2 Å². The lowest BCUT2D eigenvalue weighted by molar-refractivity contribution is -0.143. The van der Waals surface area contributed by atoms with Gasteiger partial charge in [0.1, 0.15) is 0 Å². The number of ether oxygens (including phenoxy) is 1. The molecule has 2 unspecified atom stereocenters. The Morgan fingerprint density at radius 1 is 0.333 bits per heavy atom. The Morgan fingerprint density at radius 3 is 0.840 bits per heavy atom. The van der Waals surface area contributed by atoms with Gasteiger partial charge in [-0.1, -0.05) is 398 Å². The largest absolute Gasteiger partial charge is 0.466 e. The number of aliphatic hydroxyl groups is 2. The summed E-state index contributed by atoms with van der Waals surface area (Å²) in [5.74, 6) is -0.0394. The van der Waals surface area contributed by atoms with Gasteiger partial charge in [0, 0.05) is 12.8 Å². The van der Waals surface area contributed by atoms with Gasteiger partial charge in [-0.25, -0.2) is 0 Å². The van der Waals surface area contributed by atoms with Crippen LogP contribution in [0.1, 0.15) is 431 Å². The molecule has 0 saturated carbocycles. The number of carbonyl (C=O) groups is 2. The lowest BCUT2D eigenvalue weighted by Gasteiger charge is -2.20. The molecule has 81 heavy (non-hydrogen) atoms. The van der Waals surface area contributed by atoms with Crippen LogP contribution in [0.4, 0.5) is 0 Å². The number of hydrogen-bond donors (Lipinski definition) is 3. The maximum atomic E-state index is 12.5. The first-order valence-corrected chi connectivity index (χ1v) is 37.5. The minimum absolute atomic E-state index is 0.0210. The number of unbranched alkanes of at least 4 members (excludes halogenated alkanes) is 60. The van der Waals surface area contributed by atoms with Crippen LogP contribution in [0.25, 0.3) is 0 Å². The van der Waals surface area contributed by atoms with E-state index in [1.165, 1.54) is 366 Å². The molecule has 1 amide bonds. The second kappa shape index (κ2) is 71.1. The van der Waals surface area contributed by atoms with E-state index >= 15 is 0 Å². The van der Waals surface area contributed by atoms with E-state index in [-0.39, 0.29) is 18.5 Å². The molecule has 0 saturated heterocycles. The molecule has 0 aliphatic carbocycles. The Hall–Kier alpha value is -1.40. The third-order valence-corrected chi connectivity index (χ3v) is 17.8. The number of nitrogens with one attached hydrogen (secondary N) is 1. The number of aliphatic hydroxyl groups excluding tert-OH is 2. The van der Waals surface area contributed by atoms with E-state index in [4.69, 9.17) is 4.74 Å². The number of rotatable bonds is 71. The molecule has 0 aromatic rings. The first kappa shape index (κ1) is 79.6. The molecule has 0 radical (unpaired) electrons. The fourth-order valence-electron chi connectivity index (χ4n) is 12.1. The molecule has 0 aromatic carbocycles. The van der Waals surface area contributed by atoms with Crippen LogP contribution >= 0.6 is 0 Å². The summed E-state index contributed by atoms with van der Waals surface area (Å²) in [5.41, 5.74) is 0. The van der Waals surface area contributed by atoms with Crippen LogP contribution in [0.15, 0.2) is 12.2 Å². The van der Waals surface area contributed by atoms with Gasteiger partial charge in [0.2, 0.25) is 5.91 Å². The Balaban J connectivity index is 3.37. The lowest BCUT2D eigenvalue weighted by atomic mass is 10.0. The molecule has 0 aliphatic heterocycles. The molecule has 0 rings (SSSR count). The molecule has 2 atom stereocenters. The molecular weight excluding hydrogens is 995 g/mol. The third kappa shape index (κ3) is 67.6. The van der Waals surface area contributed by atoms with Crippen molar-refractivity contribution < 1.29 is 24.5 Å². The van der Waals surface area contributed by atoms with Crippen molar-refractivity contribution in [3.8, 4) is 0 Å². The quantitative estimate of drug-likeness (QED) is 0.0320. The molecule has 0 heterocycles. The van der Waals surface area contributed by atoms with E-state index in [0.29, 0.717) is 19.4 Å². The summed E-state index contributed by atoms with van der Waals surface area (Å²) >= 11 is 0. The van der Waals surface area contributed by atoms with Gasteiger partial charge < -0.3 is 20.3 Å². The minimum atomic E-state index is -0.844. The van der Waals surface area contributed by atoms with Gasteiger partial charge in [0.25, 0.3) is 0 Å².